The fraction of sp³-hybridized carbons (Fsp3) is 0.429. The predicted octanol–water partition coefficient (Wildman–Crippen LogP) is 0.881. The topological polar surface area (TPSA) is 92.4 Å². The van der Waals surface area contributed by atoms with E-state index in [1.54, 1.807) is 0 Å². The quantitative estimate of drug-likeness (QED) is 0.665. The van der Waals surface area contributed by atoms with Gasteiger partial charge in [-0.2, -0.15) is 0 Å². The van der Waals surface area contributed by atoms with Crippen LogP contribution in [0.3, 0.4) is 0 Å². The highest BCUT2D eigenvalue weighted by Crippen LogP contribution is 2.14. The second-order valence-electron chi connectivity index (χ2n) is 4.75. The third-order valence-electron chi connectivity index (χ3n) is 2.91. The number of hydrogen-bond acceptors (Lipinski definition) is 3. The van der Waals surface area contributed by atoms with E-state index in [2.05, 4.69) is 31.3 Å². The average Bonchev–Trinajstić information content (AvgIpc) is 2.38. The number of benzene rings is 1. The van der Waals surface area contributed by atoms with Crippen LogP contribution >= 0.6 is 0 Å². The monoisotopic (exact) mass is 264 g/mol. The molecule has 0 aromatic heterocycles. The Bertz CT molecular complexity index is 441. The maximum Gasteiger partial charge on any atom is 0.330 e. The lowest BCUT2D eigenvalue weighted by atomic mass is 10.0. The van der Waals surface area contributed by atoms with Crippen molar-refractivity contribution in [1.82, 2.24) is 5.32 Å². The first kappa shape index (κ1) is 15.2. The van der Waals surface area contributed by atoms with Crippen molar-refractivity contribution in [3.8, 4) is 0 Å². The Morgan fingerprint density at radius 2 is 1.84 bits per heavy atom. The van der Waals surface area contributed by atoms with Crippen LogP contribution in [0, 0.1) is 0 Å². The highest BCUT2D eigenvalue weighted by atomic mass is 16.4. The van der Waals surface area contributed by atoms with E-state index >= 15 is 0 Å². The molecule has 0 saturated carbocycles. The number of carbonyl (C=O) groups is 2. The molecular formula is C14H20N2O3. The number of rotatable bonds is 6. The zero-order valence-corrected chi connectivity index (χ0v) is 11.2. The molecule has 5 nitrogen and oxygen atoms in total. The second-order valence-corrected chi connectivity index (χ2v) is 4.75. The van der Waals surface area contributed by atoms with Crippen molar-refractivity contribution in [1.29, 1.82) is 0 Å². The Hall–Kier alpha value is -1.88. The largest absolute Gasteiger partial charge is 0.480 e. The Balaban J connectivity index is 2.41. The molecule has 0 aliphatic rings. The van der Waals surface area contributed by atoms with E-state index in [0.717, 1.165) is 5.56 Å². The van der Waals surface area contributed by atoms with E-state index in [1.165, 1.54) is 5.56 Å². The molecule has 1 amide bonds. The highest BCUT2D eigenvalue weighted by Gasteiger charge is 2.20. The minimum atomic E-state index is -1.50. The maximum atomic E-state index is 11.3. The van der Waals surface area contributed by atoms with Crippen LogP contribution in [-0.4, -0.2) is 29.6 Å². The summed E-state index contributed by atoms with van der Waals surface area (Å²) >= 11 is 0. The van der Waals surface area contributed by atoms with Gasteiger partial charge in [0.15, 0.2) is 6.04 Å². The Labute approximate surface area is 112 Å². The standard InChI is InChI=1S/C14H20N2O3/c1-9(2)11-5-3-10(4-6-11)7-8-16-13(17)12(15)14(18)19/h3-6,9,12H,7-8,15H2,1-2H3,(H,16,17)(H,18,19). The van der Waals surface area contributed by atoms with Crippen molar-refractivity contribution >= 4 is 11.9 Å². The van der Waals surface area contributed by atoms with Crippen molar-refractivity contribution in [2.45, 2.75) is 32.2 Å². The molecule has 0 heterocycles. The van der Waals surface area contributed by atoms with Crippen LogP contribution in [0.4, 0.5) is 0 Å². The Morgan fingerprint density at radius 1 is 1.26 bits per heavy atom. The first-order valence-electron chi connectivity index (χ1n) is 6.26. The SMILES string of the molecule is CC(C)c1ccc(CCNC(=O)C(N)C(=O)O)cc1. The first-order valence-corrected chi connectivity index (χ1v) is 6.26. The van der Waals surface area contributed by atoms with Crippen molar-refractivity contribution < 1.29 is 14.7 Å². The summed E-state index contributed by atoms with van der Waals surface area (Å²) in [5, 5.41) is 11.1. The molecule has 0 fully saturated rings. The molecule has 5 heteroatoms. The smallest absolute Gasteiger partial charge is 0.330 e. The number of carboxylic acid groups (broad SMARTS) is 1. The molecule has 1 aromatic carbocycles. The van der Waals surface area contributed by atoms with Crippen molar-refractivity contribution in [3.63, 3.8) is 0 Å². The summed E-state index contributed by atoms with van der Waals surface area (Å²) in [4.78, 5) is 21.8. The van der Waals surface area contributed by atoms with Gasteiger partial charge in [0, 0.05) is 6.54 Å². The molecule has 0 spiro atoms. The molecule has 1 rings (SSSR count). The van der Waals surface area contributed by atoms with Gasteiger partial charge >= 0.3 is 5.97 Å². The molecular weight excluding hydrogens is 244 g/mol. The molecule has 0 aliphatic heterocycles. The number of amides is 1. The number of nitrogens with one attached hydrogen (secondary N) is 1. The van der Waals surface area contributed by atoms with Gasteiger partial charge in [0.05, 0.1) is 0 Å². The minimum Gasteiger partial charge on any atom is -0.480 e. The zero-order valence-electron chi connectivity index (χ0n) is 11.2. The van der Waals surface area contributed by atoms with Crippen molar-refractivity contribution in [2.24, 2.45) is 5.73 Å². The van der Waals surface area contributed by atoms with E-state index in [4.69, 9.17) is 10.8 Å². The zero-order chi connectivity index (χ0) is 14.4. The third-order valence-corrected chi connectivity index (χ3v) is 2.91. The normalized spacial score (nSPS) is 12.2. The molecule has 104 valence electrons. The molecule has 1 atom stereocenters. The molecule has 0 saturated heterocycles. The van der Waals surface area contributed by atoms with Gasteiger partial charge < -0.3 is 16.2 Å². The summed E-state index contributed by atoms with van der Waals surface area (Å²) in [6, 6.07) is 6.65. The lowest BCUT2D eigenvalue weighted by Crippen LogP contribution is -2.46. The molecule has 1 unspecified atom stereocenters. The van der Waals surface area contributed by atoms with Crippen LogP contribution in [0.5, 0.6) is 0 Å². The summed E-state index contributed by atoms with van der Waals surface area (Å²) in [5.74, 6) is -1.49. The number of carbonyl (C=O) groups excluding carboxylic acids is 1. The maximum absolute atomic E-state index is 11.3. The van der Waals surface area contributed by atoms with E-state index in [9.17, 15) is 9.59 Å². The highest BCUT2D eigenvalue weighted by molar-refractivity contribution is 6.00. The lowest BCUT2D eigenvalue weighted by molar-refractivity contribution is -0.142. The van der Waals surface area contributed by atoms with E-state index < -0.39 is 17.9 Å². The van der Waals surface area contributed by atoms with Crippen LogP contribution in [0.2, 0.25) is 0 Å². The summed E-state index contributed by atoms with van der Waals surface area (Å²) in [5.41, 5.74) is 7.54. The van der Waals surface area contributed by atoms with Gasteiger partial charge in [0.25, 0.3) is 0 Å². The van der Waals surface area contributed by atoms with Gasteiger partial charge in [-0.3, -0.25) is 4.79 Å². The summed E-state index contributed by atoms with van der Waals surface area (Å²) in [7, 11) is 0. The van der Waals surface area contributed by atoms with Crippen LogP contribution in [-0.2, 0) is 16.0 Å². The first-order chi connectivity index (χ1) is 8.91. The van der Waals surface area contributed by atoms with Crippen molar-refractivity contribution in [3.05, 3.63) is 35.4 Å². The van der Waals surface area contributed by atoms with Crippen molar-refractivity contribution in [2.75, 3.05) is 6.54 Å². The van der Waals surface area contributed by atoms with Gasteiger partial charge in [-0.05, 0) is 23.5 Å². The van der Waals surface area contributed by atoms with E-state index in [-0.39, 0.29) is 0 Å². The fourth-order valence-electron chi connectivity index (χ4n) is 1.62. The number of carboxylic acids is 1. The van der Waals surface area contributed by atoms with Gasteiger partial charge in [-0.1, -0.05) is 38.1 Å². The van der Waals surface area contributed by atoms with Gasteiger partial charge in [0.2, 0.25) is 5.91 Å². The van der Waals surface area contributed by atoms with Gasteiger partial charge in [0.1, 0.15) is 0 Å². The fourth-order valence-corrected chi connectivity index (χ4v) is 1.62. The second kappa shape index (κ2) is 6.89. The average molecular weight is 264 g/mol. The van der Waals surface area contributed by atoms with Crippen LogP contribution in [0.25, 0.3) is 0 Å². The molecule has 19 heavy (non-hydrogen) atoms. The van der Waals surface area contributed by atoms with Crippen LogP contribution in [0.15, 0.2) is 24.3 Å². The van der Waals surface area contributed by atoms with Crippen LogP contribution in [0.1, 0.15) is 30.9 Å². The Kier molecular flexibility index (Phi) is 5.51. The van der Waals surface area contributed by atoms with E-state index in [1.807, 2.05) is 12.1 Å². The van der Waals surface area contributed by atoms with Gasteiger partial charge in [-0.25, -0.2) is 4.79 Å². The number of nitrogens with two attached hydrogens (primary N) is 1. The summed E-state index contributed by atoms with van der Waals surface area (Å²) in [6.07, 6.45) is 0.649. The lowest BCUT2D eigenvalue weighted by Gasteiger charge is -2.09. The number of hydrogen-bond donors (Lipinski definition) is 3. The minimum absolute atomic E-state index is 0.376. The Morgan fingerprint density at radius 3 is 2.32 bits per heavy atom. The summed E-state index contributed by atoms with van der Waals surface area (Å²) in [6.45, 7) is 4.63. The third kappa shape index (κ3) is 4.71. The predicted molar refractivity (Wildman–Crippen MR) is 72.9 cm³/mol. The molecule has 1 aromatic rings. The summed E-state index contributed by atoms with van der Waals surface area (Å²) < 4.78 is 0. The number of aliphatic carboxylic acids is 1. The van der Waals surface area contributed by atoms with Gasteiger partial charge in [-0.15, -0.1) is 0 Å². The molecule has 0 radical (unpaired) electrons. The van der Waals surface area contributed by atoms with E-state index in [0.29, 0.717) is 18.9 Å². The van der Waals surface area contributed by atoms with Crippen LogP contribution < -0.4 is 11.1 Å². The molecule has 4 N–H and O–H groups in total. The molecule has 0 bridgehead atoms. The molecule has 0 aliphatic carbocycles.